The second-order valence-electron chi connectivity index (χ2n) is 7.18. The lowest BCUT2D eigenvalue weighted by atomic mass is 9.72. The van der Waals surface area contributed by atoms with E-state index in [2.05, 4.69) is 37.4 Å². The predicted molar refractivity (Wildman–Crippen MR) is 94.7 cm³/mol. The standard InChI is InChI=1S/C17H22N6OS/c1-4-14-19-16(24-20-14)17-5-6-22(3)8-12(17)9-23(10-17)15-13(7-18)11(2)21-25-15/h12H,4-6,8-10H2,1-3H3/t12-,17-/m1/s1. The van der Waals surface area contributed by atoms with E-state index >= 15 is 0 Å². The Kier molecular flexibility index (Phi) is 4.01. The molecule has 4 heterocycles. The van der Waals surface area contributed by atoms with Crippen LogP contribution in [0.5, 0.6) is 0 Å². The van der Waals surface area contributed by atoms with Gasteiger partial charge in [-0.25, -0.2) is 0 Å². The Morgan fingerprint density at radius 2 is 2.28 bits per heavy atom. The van der Waals surface area contributed by atoms with Gasteiger partial charge >= 0.3 is 0 Å². The fraction of sp³-hybridized carbons (Fsp3) is 0.647. The fourth-order valence-corrected chi connectivity index (χ4v) is 5.01. The molecule has 2 aliphatic heterocycles. The van der Waals surface area contributed by atoms with E-state index in [1.54, 1.807) is 0 Å². The third-order valence-electron chi connectivity index (χ3n) is 5.62. The van der Waals surface area contributed by atoms with Gasteiger partial charge in [-0.1, -0.05) is 12.1 Å². The number of aryl methyl sites for hydroxylation is 2. The molecule has 132 valence electrons. The number of hydrogen-bond donors (Lipinski definition) is 0. The van der Waals surface area contributed by atoms with Crippen molar-refractivity contribution in [1.29, 1.82) is 5.26 Å². The van der Waals surface area contributed by atoms with Gasteiger partial charge in [0, 0.05) is 32.0 Å². The van der Waals surface area contributed by atoms with Gasteiger partial charge in [0.1, 0.15) is 16.6 Å². The van der Waals surface area contributed by atoms with Crippen LogP contribution < -0.4 is 4.90 Å². The highest BCUT2D eigenvalue weighted by atomic mass is 32.1. The Morgan fingerprint density at radius 3 is 3.00 bits per heavy atom. The maximum Gasteiger partial charge on any atom is 0.235 e. The lowest BCUT2D eigenvalue weighted by molar-refractivity contribution is 0.118. The molecule has 0 radical (unpaired) electrons. The molecule has 0 unspecified atom stereocenters. The fourth-order valence-electron chi connectivity index (χ4n) is 4.15. The highest BCUT2D eigenvalue weighted by Crippen LogP contribution is 2.47. The van der Waals surface area contributed by atoms with E-state index in [4.69, 9.17) is 4.52 Å². The van der Waals surface area contributed by atoms with E-state index in [-0.39, 0.29) is 5.41 Å². The Morgan fingerprint density at radius 1 is 1.44 bits per heavy atom. The minimum Gasteiger partial charge on any atom is -0.360 e. The lowest BCUT2D eigenvalue weighted by Gasteiger charge is -2.39. The largest absolute Gasteiger partial charge is 0.360 e. The van der Waals surface area contributed by atoms with Crippen LogP contribution in [0.3, 0.4) is 0 Å². The zero-order valence-electron chi connectivity index (χ0n) is 14.8. The van der Waals surface area contributed by atoms with E-state index in [1.807, 2.05) is 13.8 Å². The Hall–Kier alpha value is -1.98. The number of rotatable bonds is 3. The molecule has 2 aromatic heterocycles. The third-order valence-corrected chi connectivity index (χ3v) is 6.62. The number of likely N-dealkylation sites (tertiary alicyclic amines) is 1. The second kappa shape index (κ2) is 6.07. The molecule has 2 aromatic rings. The summed E-state index contributed by atoms with van der Waals surface area (Å²) in [5.74, 6) is 1.95. The number of piperidine rings is 1. The summed E-state index contributed by atoms with van der Waals surface area (Å²) >= 11 is 1.42. The van der Waals surface area contributed by atoms with Crippen molar-refractivity contribution >= 4 is 16.5 Å². The van der Waals surface area contributed by atoms with Crippen molar-refractivity contribution in [2.24, 2.45) is 5.92 Å². The predicted octanol–water partition coefficient (Wildman–Crippen LogP) is 1.98. The summed E-state index contributed by atoms with van der Waals surface area (Å²) in [6, 6.07) is 2.32. The molecule has 2 saturated heterocycles. The molecular formula is C17H22N6OS. The van der Waals surface area contributed by atoms with E-state index in [9.17, 15) is 5.26 Å². The first kappa shape index (κ1) is 16.5. The van der Waals surface area contributed by atoms with E-state index < -0.39 is 0 Å². The maximum atomic E-state index is 9.51. The first-order chi connectivity index (χ1) is 12.1. The quantitative estimate of drug-likeness (QED) is 0.829. The lowest BCUT2D eigenvalue weighted by Crippen LogP contribution is -2.48. The summed E-state index contributed by atoms with van der Waals surface area (Å²) < 4.78 is 10.1. The minimum absolute atomic E-state index is 0.127. The van der Waals surface area contributed by atoms with Crippen molar-refractivity contribution in [3.05, 3.63) is 23.0 Å². The number of aromatic nitrogens is 3. The van der Waals surface area contributed by atoms with Crippen LogP contribution in [-0.2, 0) is 11.8 Å². The van der Waals surface area contributed by atoms with Gasteiger partial charge in [-0.15, -0.1) is 0 Å². The molecule has 7 nitrogen and oxygen atoms in total. The highest BCUT2D eigenvalue weighted by molar-refractivity contribution is 7.10. The Labute approximate surface area is 151 Å². The SMILES string of the molecule is CCc1noc([C@@]23CCN(C)C[C@@H]2CN(c2snc(C)c2C#N)C3)n1. The summed E-state index contributed by atoms with van der Waals surface area (Å²) in [5, 5.41) is 14.6. The number of nitriles is 1. The molecule has 0 amide bonds. The molecule has 0 bridgehead atoms. The van der Waals surface area contributed by atoms with E-state index in [1.165, 1.54) is 11.5 Å². The number of hydrogen-bond acceptors (Lipinski definition) is 8. The average Bonchev–Trinajstić information content (AvgIpc) is 3.30. The number of nitrogens with zero attached hydrogens (tertiary/aromatic N) is 6. The molecule has 0 saturated carbocycles. The molecule has 0 aromatic carbocycles. The van der Waals surface area contributed by atoms with Crippen molar-refractivity contribution in [2.45, 2.75) is 32.1 Å². The van der Waals surface area contributed by atoms with Crippen LogP contribution in [0.2, 0.25) is 0 Å². The van der Waals surface area contributed by atoms with Gasteiger partial charge in [0.25, 0.3) is 0 Å². The first-order valence-corrected chi connectivity index (χ1v) is 9.47. The maximum absolute atomic E-state index is 9.51. The van der Waals surface area contributed by atoms with Crippen molar-refractivity contribution in [3.63, 3.8) is 0 Å². The van der Waals surface area contributed by atoms with Crippen LogP contribution in [-0.4, -0.2) is 52.6 Å². The van der Waals surface area contributed by atoms with Gasteiger partial charge in [-0.2, -0.15) is 14.6 Å². The smallest absolute Gasteiger partial charge is 0.235 e. The van der Waals surface area contributed by atoms with Crippen molar-refractivity contribution < 1.29 is 4.52 Å². The van der Waals surface area contributed by atoms with Crippen LogP contribution in [0.15, 0.2) is 4.52 Å². The molecule has 4 rings (SSSR count). The monoisotopic (exact) mass is 358 g/mol. The van der Waals surface area contributed by atoms with Gasteiger partial charge in [-0.05, 0) is 38.5 Å². The first-order valence-electron chi connectivity index (χ1n) is 8.70. The normalized spacial score (nSPS) is 26.6. The van der Waals surface area contributed by atoms with Crippen LogP contribution in [0, 0.1) is 24.2 Å². The molecule has 0 N–H and O–H groups in total. The molecule has 2 fully saturated rings. The molecule has 2 aliphatic rings. The minimum atomic E-state index is -0.127. The summed E-state index contributed by atoms with van der Waals surface area (Å²) in [6.07, 6.45) is 1.77. The van der Waals surface area contributed by atoms with Gasteiger partial charge in [-0.3, -0.25) is 0 Å². The van der Waals surface area contributed by atoms with Crippen LogP contribution in [0.4, 0.5) is 5.00 Å². The summed E-state index contributed by atoms with van der Waals surface area (Å²) in [7, 11) is 2.16. The van der Waals surface area contributed by atoms with E-state index in [0.29, 0.717) is 11.5 Å². The molecule has 8 heteroatoms. The van der Waals surface area contributed by atoms with Gasteiger partial charge < -0.3 is 14.3 Å². The molecular weight excluding hydrogens is 336 g/mol. The van der Waals surface area contributed by atoms with Gasteiger partial charge in [0.2, 0.25) is 5.89 Å². The van der Waals surface area contributed by atoms with Crippen LogP contribution in [0.1, 0.15) is 36.3 Å². The summed E-state index contributed by atoms with van der Waals surface area (Å²) in [5.41, 5.74) is 1.39. The molecule has 25 heavy (non-hydrogen) atoms. The van der Waals surface area contributed by atoms with Crippen LogP contribution >= 0.6 is 11.5 Å². The van der Waals surface area contributed by atoms with Gasteiger partial charge in [0.15, 0.2) is 5.82 Å². The van der Waals surface area contributed by atoms with E-state index in [0.717, 1.165) is 61.4 Å². The van der Waals surface area contributed by atoms with Crippen LogP contribution in [0.25, 0.3) is 0 Å². The molecule has 0 aliphatic carbocycles. The topological polar surface area (TPSA) is 82.1 Å². The van der Waals surface area contributed by atoms with Crippen molar-refractivity contribution in [1.82, 2.24) is 19.4 Å². The van der Waals surface area contributed by atoms with Gasteiger partial charge in [0.05, 0.1) is 11.1 Å². The zero-order valence-corrected chi connectivity index (χ0v) is 15.6. The number of anilines is 1. The molecule has 0 spiro atoms. The summed E-state index contributed by atoms with van der Waals surface area (Å²) in [6.45, 7) is 7.66. The number of fused-ring (bicyclic) bond motifs is 1. The Bertz CT molecular complexity index is 823. The van der Waals surface area contributed by atoms with Crippen molar-refractivity contribution in [3.8, 4) is 6.07 Å². The zero-order chi connectivity index (χ0) is 17.6. The highest BCUT2D eigenvalue weighted by Gasteiger charge is 2.54. The van der Waals surface area contributed by atoms with Crippen molar-refractivity contribution in [2.75, 3.05) is 38.1 Å². The Balaban J connectivity index is 1.73. The average molecular weight is 358 g/mol. The summed E-state index contributed by atoms with van der Waals surface area (Å²) in [4.78, 5) is 9.36. The third kappa shape index (κ3) is 2.53. The second-order valence-corrected chi connectivity index (χ2v) is 7.93. The molecule has 2 atom stereocenters.